The number of anilines is 1. The van der Waals surface area contributed by atoms with Gasteiger partial charge in [-0.05, 0) is 43.7 Å². The van der Waals surface area contributed by atoms with Gasteiger partial charge in [-0.1, -0.05) is 23.7 Å². The van der Waals surface area contributed by atoms with Crippen LogP contribution in [0.1, 0.15) is 19.4 Å². The van der Waals surface area contributed by atoms with Crippen molar-refractivity contribution in [2.24, 2.45) is 5.41 Å². The van der Waals surface area contributed by atoms with Crippen molar-refractivity contribution in [1.82, 2.24) is 10.3 Å². The highest BCUT2D eigenvalue weighted by Gasteiger charge is 2.35. The Morgan fingerprint density at radius 3 is 2.61 bits per heavy atom. The molecule has 2 aromatic rings. The molecule has 6 heteroatoms. The van der Waals surface area contributed by atoms with Crippen molar-refractivity contribution in [1.29, 1.82) is 0 Å². The summed E-state index contributed by atoms with van der Waals surface area (Å²) in [6.07, 6.45) is 3.33. The third-order valence-corrected chi connectivity index (χ3v) is 3.63. The van der Waals surface area contributed by atoms with Gasteiger partial charge in [0.15, 0.2) is 0 Å². The van der Waals surface area contributed by atoms with E-state index in [2.05, 4.69) is 15.6 Å². The standard InChI is InChI=1S/C17H18ClN3O2/c1-17(2,15(22)20-11-12-5-4-8-19-10-12)16(23)21-14-7-3-6-13(18)9-14/h3-10H,11H2,1-2H3,(H,20,22)(H,21,23). The van der Waals surface area contributed by atoms with Gasteiger partial charge in [0.25, 0.3) is 0 Å². The summed E-state index contributed by atoms with van der Waals surface area (Å²) < 4.78 is 0. The van der Waals surface area contributed by atoms with Crippen LogP contribution in [0, 0.1) is 5.41 Å². The number of rotatable bonds is 5. The molecule has 1 aromatic carbocycles. The number of carbonyl (C=O) groups is 2. The Bertz CT molecular complexity index is 702. The Hall–Kier alpha value is -2.40. The Morgan fingerprint density at radius 2 is 1.96 bits per heavy atom. The summed E-state index contributed by atoms with van der Waals surface area (Å²) >= 11 is 5.89. The van der Waals surface area contributed by atoms with Crippen LogP contribution < -0.4 is 10.6 Å². The Balaban J connectivity index is 1.98. The normalized spacial score (nSPS) is 10.9. The molecule has 2 rings (SSSR count). The van der Waals surface area contributed by atoms with E-state index in [0.717, 1.165) is 5.56 Å². The van der Waals surface area contributed by atoms with Crippen LogP contribution in [-0.2, 0) is 16.1 Å². The van der Waals surface area contributed by atoms with Gasteiger partial charge in [0.1, 0.15) is 5.41 Å². The van der Waals surface area contributed by atoms with Crippen molar-refractivity contribution in [3.63, 3.8) is 0 Å². The molecule has 0 radical (unpaired) electrons. The second-order valence-electron chi connectivity index (χ2n) is 5.63. The minimum Gasteiger partial charge on any atom is -0.351 e. The maximum atomic E-state index is 12.4. The summed E-state index contributed by atoms with van der Waals surface area (Å²) in [5.41, 5.74) is 0.201. The van der Waals surface area contributed by atoms with E-state index in [0.29, 0.717) is 17.3 Å². The zero-order valence-corrected chi connectivity index (χ0v) is 13.7. The van der Waals surface area contributed by atoms with Crippen molar-refractivity contribution in [3.05, 3.63) is 59.4 Å². The Morgan fingerprint density at radius 1 is 1.17 bits per heavy atom. The molecule has 0 unspecified atom stereocenters. The maximum absolute atomic E-state index is 12.4. The lowest BCUT2D eigenvalue weighted by molar-refractivity contribution is -0.138. The highest BCUT2D eigenvalue weighted by Crippen LogP contribution is 2.21. The minimum absolute atomic E-state index is 0.320. The quantitative estimate of drug-likeness (QED) is 0.827. The summed E-state index contributed by atoms with van der Waals surface area (Å²) in [6, 6.07) is 10.4. The molecule has 0 spiro atoms. The first kappa shape index (κ1) is 17.0. The first-order valence-electron chi connectivity index (χ1n) is 7.14. The molecule has 0 saturated heterocycles. The number of halogens is 1. The smallest absolute Gasteiger partial charge is 0.239 e. The molecule has 0 fully saturated rings. The fourth-order valence-electron chi connectivity index (χ4n) is 1.86. The van der Waals surface area contributed by atoms with E-state index in [1.165, 1.54) is 0 Å². The number of hydrogen-bond donors (Lipinski definition) is 2. The zero-order valence-electron chi connectivity index (χ0n) is 13.0. The van der Waals surface area contributed by atoms with E-state index in [1.54, 1.807) is 56.6 Å². The molecular weight excluding hydrogens is 314 g/mol. The van der Waals surface area contributed by atoms with Crippen molar-refractivity contribution < 1.29 is 9.59 Å². The lowest BCUT2D eigenvalue weighted by Crippen LogP contribution is -2.44. The van der Waals surface area contributed by atoms with Crippen LogP contribution in [-0.4, -0.2) is 16.8 Å². The second kappa shape index (κ2) is 7.24. The second-order valence-corrected chi connectivity index (χ2v) is 6.07. The fourth-order valence-corrected chi connectivity index (χ4v) is 2.05. The Kier molecular flexibility index (Phi) is 5.34. The molecule has 120 valence electrons. The van der Waals surface area contributed by atoms with E-state index in [1.807, 2.05) is 6.07 Å². The third kappa shape index (κ3) is 4.53. The van der Waals surface area contributed by atoms with E-state index >= 15 is 0 Å². The topological polar surface area (TPSA) is 71.1 Å². The third-order valence-electron chi connectivity index (χ3n) is 3.39. The molecule has 2 N–H and O–H groups in total. The largest absolute Gasteiger partial charge is 0.351 e. The lowest BCUT2D eigenvalue weighted by atomic mass is 9.91. The summed E-state index contributed by atoms with van der Waals surface area (Å²) in [5, 5.41) is 5.97. The molecule has 0 saturated carbocycles. The highest BCUT2D eigenvalue weighted by molar-refractivity contribution is 6.31. The van der Waals surface area contributed by atoms with Crippen LogP contribution in [0.2, 0.25) is 5.02 Å². The van der Waals surface area contributed by atoms with Crippen LogP contribution in [0.4, 0.5) is 5.69 Å². The highest BCUT2D eigenvalue weighted by atomic mass is 35.5. The average molecular weight is 332 g/mol. The average Bonchev–Trinajstić information content (AvgIpc) is 2.53. The van der Waals surface area contributed by atoms with Gasteiger partial charge in [-0.25, -0.2) is 0 Å². The lowest BCUT2D eigenvalue weighted by Gasteiger charge is -2.22. The van der Waals surface area contributed by atoms with Gasteiger partial charge in [-0.2, -0.15) is 0 Å². The molecule has 0 aliphatic carbocycles. The van der Waals surface area contributed by atoms with Crippen LogP contribution >= 0.6 is 11.6 Å². The van der Waals surface area contributed by atoms with Crippen molar-refractivity contribution in [2.45, 2.75) is 20.4 Å². The van der Waals surface area contributed by atoms with Crippen LogP contribution in [0.3, 0.4) is 0 Å². The van der Waals surface area contributed by atoms with E-state index in [9.17, 15) is 9.59 Å². The van der Waals surface area contributed by atoms with Gasteiger partial charge >= 0.3 is 0 Å². The first-order valence-corrected chi connectivity index (χ1v) is 7.51. The minimum atomic E-state index is -1.22. The van der Waals surface area contributed by atoms with Crippen molar-refractivity contribution in [2.75, 3.05) is 5.32 Å². The number of hydrogen-bond acceptors (Lipinski definition) is 3. The number of nitrogens with zero attached hydrogens (tertiary/aromatic N) is 1. The van der Waals surface area contributed by atoms with E-state index < -0.39 is 11.3 Å². The van der Waals surface area contributed by atoms with Crippen LogP contribution in [0.5, 0.6) is 0 Å². The van der Waals surface area contributed by atoms with Gasteiger partial charge in [0.2, 0.25) is 11.8 Å². The van der Waals surface area contributed by atoms with Crippen LogP contribution in [0.15, 0.2) is 48.8 Å². The fraction of sp³-hybridized carbons (Fsp3) is 0.235. The summed E-state index contributed by atoms with van der Waals surface area (Å²) in [6.45, 7) is 3.47. The number of benzene rings is 1. The molecule has 1 aromatic heterocycles. The number of carbonyl (C=O) groups excluding carboxylic acids is 2. The van der Waals surface area contributed by atoms with Gasteiger partial charge in [0, 0.05) is 29.6 Å². The molecule has 2 amide bonds. The molecule has 1 heterocycles. The monoisotopic (exact) mass is 331 g/mol. The molecule has 0 aliphatic rings. The van der Waals surface area contributed by atoms with Crippen LogP contribution in [0.25, 0.3) is 0 Å². The molecule has 0 atom stereocenters. The summed E-state index contributed by atoms with van der Waals surface area (Å²) in [5.74, 6) is -0.760. The molecule has 5 nitrogen and oxygen atoms in total. The molecular formula is C17H18ClN3O2. The Labute approximate surface area is 140 Å². The van der Waals surface area contributed by atoms with Gasteiger partial charge in [-0.15, -0.1) is 0 Å². The number of amides is 2. The number of aromatic nitrogens is 1. The van der Waals surface area contributed by atoms with Gasteiger partial charge in [0.05, 0.1) is 0 Å². The predicted molar refractivity (Wildman–Crippen MR) is 89.9 cm³/mol. The van der Waals surface area contributed by atoms with Crippen molar-refractivity contribution in [3.8, 4) is 0 Å². The first-order chi connectivity index (χ1) is 10.9. The van der Waals surface area contributed by atoms with Gasteiger partial charge < -0.3 is 10.6 Å². The summed E-state index contributed by atoms with van der Waals surface area (Å²) in [7, 11) is 0. The summed E-state index contributed by atoms with van der Waals surface area (Å²) in [4.78, 5) is 28.7. The molecule has 0 bridgehead atoms. The van der Waals surface area contributed by atoms with E-state index in [4.69, 9.17) is 11.6 Å². The maximum Gasteiger partial charge on any atom is 0.239 e. The number of nitrogens with one attached hydrogen (secondary N) is 2. The molecule has 0 aliphatic heterocycles. The molecule has 23 heavy (non-hydrogen) atoms. The predicted octanol–water partition coefficient (Wildman–Crippen LogP) is 3.02. The number of pyridine rings is 1. The SMILES string of the molecule is CC(C)(C(=O)NCc1cccnc1)C(=O)Nc1cccc(Cl)c1. The van der Waals surface area contributed by atoms with Crippen molar-refractivity contribution >= 4 is 29.1 Å². The van der Waals surface area contributed by atoms with E-state index in [-0.39, 0.29) is 5.91 Å². The van der Waals surface area contributed by atoms with Gasteiger partial charge in [-0.3, -0.25) is 14.6 Å². The zero-order chi connectivity index (χ0) is 16.9.